The van der Waals surface area contributed by atoms with Gasteiger partial charge in [-0.05, 0) is 116 Å². The number of hydrazine groups is 2. The average Bonchev–Trinajstić information content (AvgIpc) is 3.45. The van der Waals surface area contributed by atoms with Gasteiger partial charge in [0.1, 0.15) is 5.69 Å². The molecule has 4 fully saturated rings. The lowest BCUT2D eigenvalue weighted by Gasteiger charge is -2.62. The molecular weight excluding hydrogens is 466 g/mol. The van der Waals surface area contributed by atoms with Crippen molar-refractivity contribution in [1.29, 1.82) is 0 Å². The van der Waals surface area contributed by atoms with E-state index in [-0.39, 0.29) is 29.0 Å². The van der Waals surface area contributed by atoms with E-state index in [0.717, 1.165) is 49.9 Å². The van der Waals surface area contributed by atoms with Gasteiger partial charge in [-0.2, -0.15) is 0 Å². The third kappa shape index (κ3) is 4.07. The van der Waals surface area contributed by atoms with Crippen molar-refractivity contribution in [2.45, 2.75) is 97.2 Å². The number of aliphatic hydroxyl groups is 2. The number of para-hydroxylation sites is 2. The molecule has 0 saturated heterocycles. The highest BCUT2D eigenvalue weighted by atomic mass is 16.7. The molecule has 7 heteroatoms. The number of hydrogen-bond donors (Lipinski definition) is 4. The van der Waals surface area contributed by atoms with Crippen molar-refractivity contribution in [3.05, 3.63) is 24.3 Å². The van der Waals surface area contributed by atoms with E-state index in [2.05, 4.69) is 31.7 Å². The molecular formula is C30H45N3O4. The van der Waals surface area contributed by atoms with E-state index in [1.54, 1.807) is 0 Å². The van der Waals surface area contributed by atoms with Crippen molar-refractivity contribution in [3.63, 3.8) is 0 Å². The summed E-state index contributed by atoms with van der Waals surface area (Å²) in [5.74, 6) is 2.94. The van der Waals surface area contributed by atoms with Gasteiger partial charge in [0.15, 0.2) is 0 Å². The molecule has 1 unspecified atom stereocenters. The lowest BCUT2D eigenvalue weighted by atomic mass is 9.43. The van der Waals surface area contributed by atoms with Crippen LogP contribution in [0.1, 0.15) is 85.0 Å². The first-order valence-electron chi connectivity index (χ1n) is 14.7. The number of nitrogens with one attached hydrogen (secondary N) is 2. The summed E-state index contributed by atoms with van der Waals surface area (Å²) in [6.07, 6.45) is 9.38. The zero-order valence-electron chi connectivity index (χ0n) is 22.7. The summed E-state index contributed by atoms with van der Waals surface area (Å²) in [4.78, 5) is 18.3. The Bertz CT molecular complexity index is 1020. The fourth-order valence-corrected chi connectivity index (χ4v) is 9.85. The molecule has 4 aliphatic carbocycles. The zero-order chi connectivity index (χ0) is 25.9. The highest BCUT2D eigenvalue weighted by molar-refractivity contribution is 5.76. The average molecular weight is 512 g/mol. The van der Waals surface area contributed by atoms with Crippen LogP contribution < -0.4 is 16.1 Å². The van der Waals surface area contributed by atoms with Crippen LogP contribution in [-0.4, -0.2) is 28.4 Å². The third-order valence-corrected chi connectivity index (χ3v) is 11.9. The van der Waals surface area contributed by atoms with Crippen LogP contribution in [0, 0.1) is 46.3 Å². The first-order valence-corrected chi connectivity index (χ1v) is 14.7. The summed E-state index contributed by atoms with van der Waals surface area (Å²) in [6, 6.07) is 7.68. The van der Waals surface area contributed by atoms with Crippen LogP contribution in [0.25, 0.3) is 0 Å². The van der Waals surface area contributed by atoms with Crippen LogP contribution in [0.3, 0.4) is 0 Å². The Labute approximate surface area is 221 Å². The molecule has 0 bridgehead atoms. The fourth-order valence-electron chi connectivity index (χ4n) is 9.85. The maximum atomic E-state index is 12.7. The first-order chi connectivity index (χ1) is 17.7. The molecule has 0 amide bonds. The van der Waals surface area contributed by atoms with Crippen LogP contribution in [0.15, 0.2) is 24.3 Å². The van der Waals surface area contributed by atoms with Gasteiger partial charge in [-0.1, -0.05) is 32.9 Å². The number of benzene rings is 1. The minimum Gasteiger partial charge on any atom is -0.393 e. The minimum absolute atomic E-state index is 0.0821. The predicted molar refractivity (Wildman–Crippen MR) is 143 cm³/mol. The predicted octanol–water partition coefficient (Wildman–Crippen LogP) is 5.20. The number of anilines is 2. The van der Waals surface area contributed by atoms with Gasteiger partial charge in [0, 0.05) is 6.42 Å². The number of aliphatic hydroxyl groups excluding tert-OH is 2. The molecule has 1 heterocycles. The number of hydrogen-bond acceptors (Lipinski definition) is 7. The molecule has 0 radical (unpaired) electrons. The van der Waals surface area contributed by atoms with Crippen molar-refractivity contribution >= 4 is 17.3 Å². The molecule has 0 spiro atoms. The SMILES string of the molecule is C[C@H](CCC(=O)ON1NNc2ccccc21)C1CC[C@H]2[C@@H]3CC[C@@H]4C[C@H](O)CC[C@]4(C)[C@H]3C[C@H](O)[C@]12C. The van der Waals surface area contributed by atoms with E-state index in [1.807, 2.05) is 24.3 Å². The van der Waals surface area contributed by atoms with Crippen LogP contribution in [-0.2, 0) is 9.63 Å². The van der Waals surface area contributed by atoms with E-state index in [1.165, 1.54) is 24.4 Å². The van der Waals surface area contributed by atoms with Crippen molar-refractivity contribution in [2.24, 2.45) is 46.3 Å². The maximum Gasteiger partial charge on any atom is 0.334 e. The van der Waals surface area contributed by atoms with E-state index in [4.69, 9.17) is 4.84 Å². The number of rotatable bonds is 5. The van der Waals surface area contributed by atoms with Gasteiger partial charge < -0.3 is 15.1 Å². The van der Waals surface area contributed by atoms with Gasteiger partial charge in [-0.3, -0.25) is 5.43 Å². The zero-order valence-corrected chi connectivity index (χ0v) is 22.7. The monoisotopic (exact) mass is 511 g/mol. The van der Waals surface area contributed by atoms with Crippen LogP contribution >= 0.6 is 0 Å². The third-order valence-electron chi connectivity index (χ3n) is 11.9. The molecule has 1 aliphatic heterocycles. The second-order valence-electron chi connectivity index (χ2n) is 13.4. The Hall–Kier alpha value is -1.83. The molecule has 5 aliphatic rings. The topological polar surface area (TPSA) is 94.1 Å². The Balaban J connectivity index is 1.10. The van der Waals surface area contributed by atoms with Gasteiger partial charge in [-0.15, -0.1) is 10.7 Å². The minimum atomic E-state index is -0.292. The Kier molecular flexibility index (Phi) is 6.48. The van der Waals surface area contributed by atoms with Gasteiger partial charge >= 0.3 is 5.97 Å². The van der Waals surface area contributed by atoms with Crippen LogP contribution in [0.2, 0.25) is 0 Å². The van der Waals surface area contributed by atoms with Crippen molar-refractivity contribution in [2.75, 3.05) is 10.6 Å². The molecule has 37 heavy (non-hydrogen) atoms. The summed E-state index contributed by atoms with van der Waals surface area (Å²) in [6.45, 7) is 7.11. The molecule has 4 N–H and O–H groups in total. The van der Waals surface area contributed by atoms with E-state index >= 15 is 0 Å². The van der Waals surface area contributed by atoms with Gasteiger partial charge in [0.25, 0.3) is 0 Å². The summed E-state index contributed by atoms with van der Waals surface area (Å²) in [7, 11) is 0. The number of nitrogens with zero attached hydrogens (tertiary/aromatic N) is 1. The largest absolute Gasteiger partial charge is 0.393 e. The number of carbonyl (C=O) groups excluding carboxylic acids is 1. The lowest BCUT2D eigenvalue weighted by Crippen LogP contribution is -2.58. The summed E-state index contributed by atoms with van der Waals surface area (Å²) in [5.41, 5.74) is 7.75. The van der Waals surface area contributed by atoms with Crippen molar-refractivity contribution in [3.8, 4) is 0 Å². The molecule has 0 aromatic heterocycles. The quantitative estimate of drug-likeness (QED) is 0.432. The van der Waals surface area contributed by atoms with E-state index in [0.29, 0.717) is 41.9 Å². The highest BCUT2D eigenvalue weighted by Crippen LogP contribution is 2.68. The normalized spacial score (nSPS) is 43.2. The molecule has 1 aromatic carbocycles. The molecule has 6 rings (SSSR count). The molecule has 10 atom stereocenters. The van der Waals surface area contributed by atoms with E-state index in [9.17, 15) is 15.0 Å². The Morgan fingerprint density at radius 3 is 2.76 bits per heavy atom. The molecule has 7 nitrogen and oxygen atoms in total. The molecule has 204 valence electrons. The van der Waals surface area contributed by atoms with E-state index < -0.39 is 0 Å². The standard InChI is InChI=1S/C30H45N3O4/c1-18(8-13-28(36)37-33-26-7-5-4-6-25(26)31-32-33)22-11-12-23-21-10-9-19-16-20(34)14-15-29(19,2)24(21)17-27(35)30(22,23)3/h4-7,18-24,27,31-32,34-35H,8-17H2,1-3H3/t18-,19-,20-,21+,22?,23+,24+,27+,29+,30-/m1/s1. The van der Waals surface area contributed by atoms with Crippen molar-refractivity contribution in [1.82, 2.24) is 5.53 Å². The summed E-state index contributed by atoms with van der Waals surface area (Å²) >= 11 is 0. The highest BCUT2D eigenvalue weighted by Gasteiger charge is 2.63. The smallest absolute Gasteiger partial charge is 0.334 e. The second-order valence-corrected chi connectivity index (χ2v) is 13.4. The Morgan fingerprint density at radius 1 is 1.11 bits per heavy atom. The van der Waals surface area contributed by atoms with Gasteiger partial charge in [0.2, 0.25) is 0 Å². The second kappa shape index (κ2) is 9.42. The first kappa shape index (κ1) is 25.4. The maximum absolute atomic E-state index is 12.7. The Morgan fingerprint density at radius 2 is 1.92 bits per heavy atom. The van der Waals surface area contributed by atoms with Crippen LogP contribution in [0.4, 0.5) is 11.4 Å². The lowest BCUT2D eigenvalue weighted by molar-refractivity contribution is -0.175. The number of carbonyl (C=O) groups is 1. The fraction of sp³-hybridized carbons (Fsp3) is 0.767. The summed E-state index contributed by atoms with van der Waals surface area (Å²) in [5, 5.41) is 23.5. The molecule has 4 saturated carbocycles. The van der Waals surface area contributed by atoms with Gasteiger partial charge in [-0.25, -0.2) is 4.79 Å². The summed E-state index contributed by atoms with van der Waals surface area (Å²) < 4.78 is 0. The molecule has 1 aromatic rings. The van der Waals surface area contributed by atoms with Gasteiger partial charge in [0.05, 0.1) is 17.9 Å². The van der Waals surface area contributed by atoms with Crippen molar-refractivity contribution < 1.29 is 19.8 Å². The van der Waals surface area contributed by atoms with Crippen LogP contribution in [0.5, 0.6) is 0 Å². The number of fused-ring (bicyclic) bond motifs is 6.